The molecule has 0 bridgehead atoms. The van der Waals surface area contributed by atoms with Gasteiger partial charge < -0.3 is 0 Å². The summed E-state index contributed by atoms with van der Waals surface area (Å²) in [7, 11) is 0. The van der Waals surface area contributed by atoms with Gasteiger partial charge in [0.05, 0.1) is 22.6 Å². The Morgan fingerprint density at radius 3 is 1.47 bits per heavy atom. The van der Waals surface area contributed by atoms with Crippen LogP contribution in [0.5, 0.6) is 0 Å². The van der Waals surface area contributed by atoms with Gasteiger partial charge in [-0.15, -0.1) is 0 Å². The van der Waals surface area contributed by atoms with Gasteiger partial charge in [0.25, 0.3) is 0 Å². The van der Waals surface area contributed by atoms with Crippen LogP contribution in [0.25, 0.3) is 94.8 Å². The van der Waals surface area contributed by atoms with Crippen LogP contribution in [0.1, 0.15) is 0 Å². The molecule has 0 spiro atoms. The first-order valence-electron chi connectivity index (χ1n) is 18.5. The SMILES string of the molecule is c1ccc(-c2cc(-c3ccc(-c4ccc5cc(-c6ccccc6)c6c(-c7ccccc7)nn(-c7ccccc7)c6c5c4)cc3)nc(-c3ccccc3)n2)cc1. The van der Waals surface area contributed by atoms with E-state index < -0.39 is 0 Å². The second-order valence-corrected chi connectivity index (χ2v) is 13.7. The van der Waals surface area contributed by atoms with Crippen LogP contribution in [0.3, 0.4) is 0 Å². The van der Waals surface area contributed by atoms with Gasteiger partial charge >= 0.3 is 0 Å². The number of nitrogens with zero attached hydrogens (tertiary/aromatic N) is 4. The molecule has 0 unspecified atom stereocenters. The lowest BCUT2D eigenvalue weighted by molar-refractivity contribution is 0.918. The highest BCUT2D eigenvalue weighted by molar-refractivity contribution is 6.17. The van der Waals surface area contributed by atoms with Gasteiger partial charge in [-0.25, -0.2) is 14.6 Å². The average Bonchev–Trinajstić information content (AvgIpc) is 3.69. The largest absolute Gasteiger partial charge is 0.232 e. The fourth-order valence-corrected chi connectivity index (χ4v) is 7.52. The van der Waals surface area contributed by atoms with Crippen molar-refractivity contribution in [3.8, 4) is 73.1 Å². The van der Waals surface area contributed by atoms with E-state index in [2.05, 4.69) is 175 Å². The Morgan fingerprint density at radius 2 is 0.855 bits per heavy atom. The Bertz CT molecular complexity index is 2870. The van der Waals surface area contributed by atoms with Gasteiger partial charge in [-0.05, 0) is 58.0 Å². The number of hydrogen-bond acceptors (Lipinski definition) is 3. The van der Waals surface area contributed by atoms with Gasteiger partial charge in [-0.2, -0.15) is 5.10 Å². The van der Waals surface area contributed by atoms with E-state index in [9.17, 15) is 0 Å². The number of fused-ring (bicyclic) bond motifs is 3. The molecule has 2 heterocycles. The summed E-state index contributed by atoms with van der Waals surface area (Å²) in [5.74, 6) is 0.708. The molecule has 0 aliphatic rings. The van der Waals surface area contributed by atoms with E-state index in [1.165, 1.54) is 0 Å². The standard InChI is InChI=1S/C51H34N4/c1-6-16-36(17-7-1)44-33-42-31-30-41(32-45(42)50-48(44)49(39-20-10-3-11-21-39)54-55(50)43-24-14-5-15-25-43)35-26-28-38(29-27-35)47-34-46(37-18-8-2-9-19-37)52-51(53-47)40-22-12-4-13-23-40/h1-34H. The first-order valence-corrected chi connectivity index (χ1v) is 18.5. The summed E-state index contributed by atoms with van der Waals surface area (Å²) in [5, 5.41) is 8.81. The number of para-hydroxylation sites is 1. The summed E-state index contributed by atoms with van der Waals surface area (Å²) in [4.78, 5) is 10.0. The van der Waals surface area contributed by atoms with E-state index in [-0.39, 0.29) is 0 Å². The number of hydrogen-bond donors (Lipinski definition) is 0. The lowest BCUT2D eigenvalue weighted by Crippen LogP contribution is -1.97. The zero-order valence-corrected chi connectivity index (χ0v) is 29.9. The maximum absolute atomic E-state index is 5.38. The third-order valence-electron chi connectivity index (χ3n) is 10.2. The summed E-state index contributed by atoms with van der Waals surface area (Å²) in [6.07, 6.45) is 0. The molecule has 2 aromatic heterocycles. The first kappa shape index (κ1) is 32.2. The molecule has 0 amide bonds. The minimum absolute atomic E-state index is 0.708. The van der Waals surface area contributed by atoms with Crippen LogP contribution in [-0.2, 0) is 0 Å². The minimum Gasteiger partial charge on any atom is -0.232 e. The third-order valence-corrected chi connectivity index (χ3v) is 10.2. The van der Waals surface area contributed by atoms with Gasteiger partial charge in [-0.1, -0.05) is 176 Å². The molecule has 0 atom stereocenters. The lowest BCUT2D eigenvalue weighted by Gasteiger charge is -2.13. The van der Waals surface area contributed by atoms with Gasteiger partial charge in [0.1, 0.15) is 5.69 Å². The van der Waals surface area contributed by atoms with Crippen LogP contribution in [0, 0.1) is 0 Å². The lowest BCUT2D eigenvalue weighted by atomic mass is 9.92. The average molecular weight is 703 g/mol. The summed E-state index contributed by atoms with van der Waals surface area (Å²) < 4.78 is 2.13. The summed E-state index contributed by atoms with van der Waals surface area (Å²) in [6.45, 7) is 0. The molecule has 10 rings (SSSR count). The van der Waals surface area contributed by atoms with Crippen LogP contribution in [0.2, 0.25) is 0 Å². The van der Waals surface area contributed by atoms with Crippen molar-refractivity contribution in [1.82, 2.24) is 19.7 Å². The van der Waals surface area contributed by atoms with Gasteiger partial charge in [0, 0.05) is 33.0 Å². The number of rotatable bonds is 7. The first-order chi connectivity index (χ1) is 27.3. The molecule has 0 radical (unpaired) electrons. The van der Waals surface area contributed by atoms with Crippen LogP contribution in [0.15, 0.2) is 206 Å². The third kappa shape index (κ3) is 6.06. The number of aromatic nitrogens is 4. The molecule has 258 valence electrons. The van der Waals surface area contributed by atoms with Crippen molar-refractivity contribution in [2.45, 2.75) is 0 Å². The maximum atomic E-state index is 5.38. The van der Waals surface area contributed by atoms with E-state index in [1.54, 1.807) is 0 Å². The Balaban J connectivity index is 1.14. The second-order valence-electron chi connectivity index (χ2n) is 13.7. The second kappa shape index (κ2) is 13.8. The van der Waals surface area contributed by atoms with E-state index >= 15 is 0 Å². The maximum Gasteiger partial charge on any atom is 0.160 e. The Hall–Kier alpha value is -7.43. The molecular weight excluding hydrogens is 669 g/mol. The molecule has 4 heteroatoms. The fourth-order valence-electron chi connectivity index (χ4n) is 7.52. The van der Waals surface area contributed by atoms with E-state index in [1.807, 2.05) is 36.4 Å². The summed E-state index contributed by atoms with van der Waals surface area (Å²) in [6, 6.07) is 72.1. The molecule has 0 aliphatic carbocycles. The van der Waals surface area contributed by atoms with Crippen molar-refractivity contribution in [3.63, 3.8) is 0 Å². The van der Waals surface area contributed by atoms with Crippen molar-refractivity contribution >= 4 is 21.7 Å². The van der Waals surface area contributed by atoms with E-state index in [0.717, 1.165) is 89.0 Å². The van der Waals surface area contributed by atoms with Crippen LogP contribution in [0.4, 0.5) is 0 Å². The molecule has 8 aromatic carbocycles. The van der Waals surface area contributed by atoms with Gasteiger partial charge in [0.15, 0.2) is 5.82 Å². The van der Waals surface area contributed by atoms with Gasteiger partial charge in [-0.3, -0.25) is 0 Å². The molecule has 0 aliphatic heterocycles. The quantitative estimate of drug-likeness (QED) is 0.166. The molecule has 0 saturated heterocycles. The molecule has 10 aromatic rings. The highest BCUT2D eigenvalue weighted by Crippen LogP contribution is 2.42. The normalized spacial score (nSPS) is 11.3. The Labute approximate surface area is 319 Å². The topological polar surface area (TPSA) is 43.6 Å². The van der Waals surface area contributed by atoms with Crippen molar-refractivity contribution in [2.24, 2.45) is 0 Å². The fraction of sp³-hybridized carbons (Fsp3) is 0. The monoisotopic (exact) mass is 702 g/mol. The zero-order chi connectivity index (χ0) is 36.6. The molecule has 55 heavy (non-hydrogen) atoms. The summed E-state index contributed by atoms with van der Waals surface area (Å²) >= 11 is 0. The number of benzene rings is 8. The van der Waals surface area contributed by atoms with Crippen molar-refractivity contribution in [2.75, 3.05) is 0 Å². The molecule has 0 saturated carbocycles. The van der Waals surface area contributed by atoms with Crippen molar-refractivity contribution in [3.05, 3.63) is 206 Å². The zero-order valence-electron chi connectivity index (χ0n) is 29.9. The highest BCUT2D eigenvalue weighted by Gasteiger charge is 2.21. The predicted octanol–water partition coefficient (Wildman–Crippen LogP) is 13.0. The predicted molar refractivity (Wildman–Crippen MR) is 227 cm³/mol. The van der Waals surface area contributed by atoms with E-state index in [4.69, 9.17) is 15.1 Å². The molecule has 0 fully saturated rings. The summed E-state index contributed by atoms with van der Waals surface area (Å²) in [5.41, 5.74) is 13.6. The van der Waals surface area contributed by atoms with Crippen LogP contribution >= 0.6 is 0 Å². The van der Waals surface area contributed by atoms with Crippen molar-refractivity contribution < 1.29 is 0 Å². The van der Waals surface area contributed by atoms with Gasteiger partial charge in [0.2, 0.25) is 0 Å². The van der Waals surface area contributed by atoms with E-state index in [0.29, 0.717) is 5.82 Å². The Morgan fingerprint density at radius 1 is 0.364 bits per heavy atom. The van der Waals surface area contributed by atoms with Crippen molar-refractivity contribution in [1.29, 1.82) is 0 Å². The molecule has 0 N–H and O–H groups in total. The van der Waals surface area contributed by atoms with Crippen LogP contribution < -0.4 is 0 Å². The Kier molecular flexibility index (Phi) is 8.12. The highest BCUT2D eigenvalue weighted by atomic mass is 15.3. The molecular formula is C51H34N4. The van der Waals surface area contributed by atoms with Crippen LogP contribution in [-0.4, -0.2) is 19.7 Å². The smallest absolute Gasteiger partial charge is 0.160 e. The minimum atomic E-state index is 0.708. The molecule has 4 nitrogen and oxygen atoms in total.